The Labute approximate surface area is 116 Å². The van der Waals surface area contributed by atoms with E-state index in [2.05, 4.69) is 30.8 Å². The molecule has 0 fully saturated rings. The molecule has 0 unspecified atom stereocenters. The van der Waals surface area contributed by atoms with E-state index in [0.717, 1.165) is 12.1 Å². The van der Waals surface area contributed by atoms with E-state index in [1.54, 1.807) is 7.05 Å². The lowest BCUT2D eigenvalue weighted by Gasteiger charge is -2.09. The summed E-state index contributed by atoms with van der Waals surface area (Å²) in [6.07, 6.45) is 1.47. The average molecular weight is 294 g/mol. The molecular formula is C12H9F3N6. The number of fused-ring (bicyclic) bond motifs is 1. The Balaban J connectivity index is 2.07. The van der Waals surface area contributed by atoms with Gasteiger partial charge in [-0.05, 0) is 0 Å². The number of anilines is 3. The molecule has 21 heavy (non-hydrogen) atoms. The number of halogens is 3. The summed E-state index contributed by atoms with van der Waals surface area (Å²) in [6, 6.07) is 1.68. The minimum absolute atomic E-state index is 0.0228. The molecule has 0 atom stereocenters. The fraction of sp³-hybridized carbons (Fsp3) is 0.0833. The first kappa shape index (κ1) is 13.2. The molecule has 3 rings (SSSR count). The van der Waals surface area contributed by atoms with Crippen molar-refractivity contribution in [2.45, 2.75) is 0 Å². The molecule has 108 valence electrons. The molecule has 0 aliphatic carbocycles. The quantitative estimate of drug-likeness (QED) is 0.647. The van der Waals surface area contributed by atoms with Gasteiger partial charge in [0.25, 0.3) is 0 Å². The van der Waals surface area contributed by atoms with Crippen LogP contribution in [0, 0.1) is 17.5 Å². The first-order valence-corrected chi connectivity index (χ1v) is 5.89. The Morgan fingerprint density at radius 1 is 1.10 bits per heavy atom. The number of hydrogen-bond donors (Lipinski definition) is 3. The Morgan fingerprint density at radius 3 is 2.48 bits per heavy atom. The van der Waals surface area contributed by atoms with Crippen LogP contribution in [-0.4, -0.2) is 27.2 Å². The van der Waals surface area contributed by atoms with Gasteiger partial charge in [-0.15, -0.1) is 0 Å². The SMILES string of the molecule is CNc1nc(Nc2cc(F)c(F)c(F)c2)c2cn[nH]c2n1. The molecule has 2 aromatic heterocycles. The fourth-order valence-corrected chi connectivity index (χ4v) is 1.81. The molecule has 0 aliphatic rings. The van der Waals surface area contributed by atoms with Gasteiger partial charge in [0.2, 0.25) is 5.95 Å². The predicted octanol–water partition coefficient (Wildman–Crippen LogP) is 2.56. The van der Waals surface area contributed by atoms with Crippen LogP contribution in [0.25, 0.3) is 11.0 Å². The molecule has 3 aromatic rings. The smallest absolute Gasteiger partial charge is 0.226 e. The molecule has 0 spiro atoms. The van der Waals surface area contributed by atoms with Crippen molar-refractivity contribution in [1.29, 1.82) is 0 Å². The van der Waals surface area contributed by atoms with Gasteiger partial charge in [-0.1, -0.05) is 0 Å². The highest BCUT2D eigenvalue weighted by atomic mass is 19.2. The summed E-state index contributed by atoms with van der Waals surface area (Å²) in [4.78, 5) is 8.25. The minimum atomic E-state index is -1.52. The van der Waals surface area contributed by atoms with E-state index in [1.165, 1.54) is 6.20 Å². The van der Waals surface area contributed by atoms with Crippen LogP contribution in [0.1, 0.15) is 0 Å². The van der Waals surface area contributed by atoms with Crippen LogP contribution in [0.5, 0.6) is 0 Å². The molecule has 0 radical (unpaired) electrons. The second-order valence-corrected chi connectivity index (χ2v) is 4.16. The van der Waals surface area contributed by atoms with Gasteiger partial charge in [0, 0.05) is 24.9 Å². The van der Waals surface area contributed by atoms with Gasteiger partial charge in [0.15, 0.2) is 23.1 Å². The molecule has 6 nitrogen and oxygen atoms in total. The van der Waals surface area contributed by atoms with E-state index in [-0.39, 0.29) is 17.5 Å². The number of nitrogens with zero attached hydrogens (tertiary/aromatic N) is 3. The maximum atomic E-state index is 13.2. The van der Waals surface area contributed by atoms with Crippen LogP contribution < -0.4 is 10.6 Å². The molecule has 9 heteroatoms. The zero-order valence-corrected chi connectivity index (χ0v) is 10.7. The standard InChI is InChI=1S/C12H9F3N6/c1-16-12-19-10(6-4-17-21-11(6)20-12)18-5-2-7(13)9(15)8(14)3-5/h2-4H,1H3,(H3,16,17,18,19,20,21). The lowest BCUT2D eigenvalue weighted by atomic mass is 10.2. The minimum Gasteiger partial charge on any atom is -0.357 e. The largest absolute Gasteiger partial charge is 0.357 e. The van der Waals surface area contributed by atoms with Crippen molar-refractivity contribution in [3.05, 3.63) is 35.8 Å². The highest BCUT2D eigenvalue weighted by molar-refractivity contribution is 5.88. The highest BCUT2D eigenvalue weighted by Gasteiger charge is 2.13. The average Bonchev–Trinajstić information content (AvgIpc) is 2.93. The van der Waals surface area contributed by atoms with E-state index >= 15 is 0 Å². The first-order valence-electron chi connectivity index (χ1n) is 5.89. The van der Waals surface area contributed by atoms with Crippen LogP contribution >= 0.6 is 0 Å². The molecule has 0 saturated carbocycles. The Morgan fingerprint density at radius 2 is 1.81 bits per heavy atom. The molecule has 0 amide bonds. The normalized spacial score (nSPS) is 10.9. The molecule has 0 saturated heterocycles. The lowest BCUT2D eigenvalue weighted by Crippen LogP contribution is -2.02. The summed E-state index contributed by atoms with van der Waals surface area (Å²) in [5.74, 6) is -3.53. The van der Waals surface area contributed by atoms with Crippen LogP contribution in [-0.2, 0) is 0 Å². The van der Waals surface area contributed by atoms with Gasteiger partial charge < -0.3 is 10.6 Å². The van der Waals surface area contributed by atoms with Crippen molar-refractivity contribution in [2.24, 2.45) is 0 Å². The Bertz CT molecular complexity index is 793. The van der Waals surface area contributed by atoms with Crippen molar-refractivity contribution in [2.75, 3.05) is 17.7 Å². The number of nitrogens with one attached hydrogen (secondary N) is 3. The van der Waals surface area contributed by atoms with Gasteiger partial charge in [0.05, 0.1) is 11.6 Å². The van der Waals surface area contributed by atoms with Gasteiger partial charge >= 0.3 is 0 Å². The van der Waals surface area contributed by atoms with Crippen molar-refractivity contribution in [1.82, 2.24) is 20.2 Å². The van der Waals surface area contributed by atoms with Crippen molar-refractivity contribution >= 4 is 28.5 Å². The van der Waals surface area contributed by atoms with E-state index < -0.39 is 17.5 Å². The number of benzene rings is 1. The molecule has 3 N–H and O–H groups in total. The Kier molecular flexibility index (Phi) is 3.09. The predicted molar refractivity (Wildman–Crippen MR) is 70.8 cm³/mol. The molecule has 1 aromatic carbocycles. The third-order valence-electron chi connectivity index (χ3n) is 2.78. The first-order chi connectivity index (χ1) is 10.1. The second kappa shape index (κ2) is 4.93. The zero-order chi connectivity index (χ0) is 15.0. The number of aromatic amines is 1. The van der Waals surface area contributed by atoms with Crippen LogP contribution in [0.4, 0.5) is 30.6 Å². The summed E-state index contributed by atoms with van der Waals surface area (Å²) in [6.45, 7) is 0. The maximum Gasteiger partial charge on any atom is 0.226 e. The summed E-state index contributed by atoms with van der Waals surface area (Å²) >= 11 is 0. The number of hydrogen-bond acceptors (Lipinski definition) is 5. The summed E-state index contributed by atoms with van der Waals surface area (Å²) in [5.41, 5.74) is 0.467. The monoisotopic (exact) mass is 294 g/mol. The Hall–Kier alpha value is -2.84. The third-order valence-corrected chi connectivity index (χ3v) is 2.78. The van der Waals surface area contributed by atoms with Crippen LogP contribution in [0.3, 0.4) is 0 Å². The molecule has 2 heterocycles. The molecular weight excluding hydrogens is 285 g/mol. The van der Waals surface area contributed by atoms with E-state index in [9.17, 15) is 13.2 Å². The third kappa shape index (κ3) is 2.33. The van der Waals surface area contributed by atoms with Crippen LogP contribution in [0.2, 0.25) is 0 Å². The van der Waals surface area contributed by atoms with E-state index in [4.69, 9.17) is 0 Å². The summed E-state index contributed by atoms with van der Waals surface area (Å²) in [5, 5.41) is 12.5. The van der Waals surface area contributed by atoms with Crippen LogP contribution in [0.15, 0.2) is 18.3 Å². The molecule has 0 aliphatic heterocycles. The fourth-order valence-electron chi connectivity index (χ4n) is 1.81. The topological polar surface area (TPSA) is 78.5 Å². The number of rotatable bonds is 3. The van der Waals surface area contributed by atoms with Crippen molar-refractivity contribution in [3.63, 3.8) is 0 Å². The van der Waals surface area contributed by atoms with Gasteiger partial charge in [0.1, 0.15) is 5.82 Å². The second-order valence-electron chi connectivity index (χ2n) is 4.16. The van der Waals surface area contributed by atoms with Gasteiger partial charge in [-0.2, -0.15) is 15.1 Å². The zero-order valence-electron chi connectivity index (χ0n) is 10.7. The van der Waals surface area contributed by atoms with E-state index in [0.29, 0.717) is 11.0 Å². The summed E-state index contributed by atoms with van der Waals surface area (Å²) in [7, 11) is 1.62. The van der Waals surface area contributed by atoms with Gasteiger partial charge in [-0.25, -0.2) is 13.2 Å². The van der Waals surface area contributed by atoms with Gasteiger partial charge in [-0.3, -0.25) is 5.10 Å². The maximum absolute atomic E-state index is 13.2. The van der Waals surface area contributed by atoms with Crippen molar-refractivity contribution < 1.29 is 13.2 Å². The highest BCUT2D eigenvalue weighted by Crippen LogP contribution is 2.25. The van der Waals surface area contributed by atoms with E-state index in [1.807, 2.05) is 0 Å². The number of aromatic nitrogens is 4. The van der Waals surface area contributed by atoms with Crippen molar-refractivity contribution in [3.8, 4) is 0 Å². The number of H-pyrrole nitrogens is 1. The summed E-state index contributed by atoms with van der Waals surface area (Å²) < 4.78 is 39.4. The molecule has 0 bridgehead atoms. The lowest BCUT2D eigenvalue weighted by molar-refractivity contribution is 0.448.